The maximum absolute atomic E-state index is 7.57. The van der Waals surface area contributed by atoms with E-state index in [0.717, 1.165) is 0 Å². The van der Waals surface area contributed by atoms with Gasteiger partial charge < -0.3 is 21.0 Å². The normalized spacial score (nSPS) is 9.00. The van der Waals surface area contributed by atoms with Crippen LogP contribution in [0.4, 0.5) is 0 Å². The van der Waals surface area contributed by atoms with E-state index < -0.39 is 0 Å². The highest BCUT2D eigenvalue weighted by atomic mass is 16.4. The minimum atomic E-state index is 0.250. The van der Waals surface area contributed by atoms with Crippen molar-refractivity contribution >= 4 is 0 Å². The molecule has 0 amide bonds. The van der Waals surface area contributed by atoms with Gasteiger partial charge in [-0.15, -0.1) is 10.2 Å². The average Bonchev–Trinajstić information content (AvgIpc) is 2.53. The Hall–Kier alpha value is -0.980. The number of nitrogens with zero attached hydrogens (tertiary/aromatic N) is 2. The molecule has 70 valence electrons. The zero-order chi connectivity index (χ0) is 9.40. The fraction of sp³-hybridized carbons (Fsp3) is 0.667. The SMILES string of the molecule is CCO.NCc1nnc(CN)o1. The molecule has 0 saturated carbocycles. The summed E-state index contributed by atoms with van der Waals surface area (Å²) < 4.78 is 4.91. The van der Waals surface area contributed by atoms with Gasteiger partial charge in [0.25, 0.3) is 0 Å². The summed E-state index contributed by atoms with van der Waals surface area (Å²) in [6, 6.07) is 0. The van der Waals surface area contributed by atoms with E-state index >= 15 is 0 Å². The number of aromatic nitrogens is 2. The summed E-state index contributed by atoms with van der Waals surface area (Å²) in [4.78, 5) is 0. The highest BCUT2D eigenvalue weighted by Crippen LogP contribution is 1.95. The highest BCUT2D eigenvalue weighted by Gasteiger charge is 1.99. The van der Waals surface area contributed by atoms with Gasteiger partial charge in [0.05, 0.1) is 13.1 Å². The molecule has 5 N–H and O–H groups in total. The molecular weight excluding hydrogens is 160 g/mol. The summed E-state index contributed by atoms with van der Waals surface area (Å²) in [6.45, 7) is 2.47. The molecule has 6 heteroatoms. The van der Waals surface area contributed by atoms with Crippen LogP contribution in [0.15, 0.2) is 4.42 Å². The van der Waals surface area contributed by atoms with Crippen molar-refractivity contribution in [1.82, 2.24) is 10.2 Å². The molecule has 0 spiro atoms. The van der Waals surface area contributed by atoms with Crippen molar-refractivity contribution in [1.29, 1.82) is 0 Å². The Morgan fingerprint density at radius 2 is 1.58 bits per heavy atom. The number of nitrogens with two attached hydrogens (primary N) is 2. The van der Waals surface area contributed by atoms with Crippen LogP contribution in [-0.4, -0.2) is 21.9 Å². The molecule has 0 aliphatic heterocycles. The summed E-state index contributed by atoms with van der Waals surface area (Å²) >= 11 is 0. The minimum absolute atomic E-state index is 0.250. The van der Waals surface area contributed by atoms with Crippen LogP contribution in [0, 0.1) is 0 Å². The van der Waals surface area contributed by atoms with Crippen molar-refractivity contribution in [3.63, 3.8) is 0 Å². The Kier molecular flexibility index (Phi) is 6.16. The van der Waals surface area contributed by atoms with Gasteiger partial charge in [-0.25, -0.2) is 0 Å². The van der Waals surface area contributed by atoms with E-state index in [1.54, 1.807) is 6.92 Å². The molecule has 1 aromatic heterocycles. The topological polar surface area (TPSA) is 111 Å². The third-order valence-electron chi connectivity index (χ3n) is 0.858. The molecule has 0 saturated heterocycles. The number of hydrogen-bond acceptors (Lipinski definition) is 6. The summed E-state index contributed by atoms with van der Waals surface area (Å²) in [7, 11) is 0. The van der Waals surface area contributed by atoms with Crippen molar-refractivity contribution in [2.24, 2.45) is 11.5 Å². The Morgan fingerprint density at radius 1 is 1.25 bits per heavy atom. The van der Waals surface area contributed by atoms with Gasteiger partial charge in [-0.1, -0.05) is 0 Å². The third kappa shape index (κ3) is 4.02. The smallest absolute Gasteiger partial charge is 0.230 e. The summed E-state index contributed by atoms with van der Waals surface area (Å²) in [6.07, 6.45) is 0. The maximum Gasteiger partial charge on any atom is 0.230 e. The molecule has 0 aliphatic carbocycles. The minimum Gasteiger partial charge on any atom is -0.423 e. The van der Waals surface area contributed by atoms with Crippen LogP contribution < -0.4 is 11.5 Å². The quantitative estimate of drug-likeness (QED) is 0.529. The molecule has 6 nitrogen and oxygen atoms in total. The van der Waals surface area contributed by atoms with Gasteiger partial charge in [0.15, 0.2) is 0 Å². The largest absolute Gasteiger partial charge is 0.423 e. The first-order valence-electron chi connectivity index (χ1n) is 3.60. The van der Waals surface area contributed by atoms with E-state index in [1.807, 2.05) is 0 Å². The monoisotopic (exact) mass is 174 g/mol. The molecule has 0 aliphatic rings. The molecule has 0 unspecified atom stereocenters. The second-order valence-electron chi connectivity index (χ2n) is 1.81. The first-order chi connectivity index (χ1) is 5.78. The fourth-order valence-electron chi connectivity index (χ4n) is 0.453. The predicted molar refractivity (Wildman–Crippen MR) is 42.8 cm³/mol. The van der Waals surface area contributed by atoms with Gasteiger partial charge in [-0.2, -0.15) is 0 Å². The molecule has 0 atom stereocenters. The molecule has 12 heavy (non-hydrogen) atoms. The molecule has 1 rings (SSSR count). The third-order valence-corrected chi connectivity index (χ3v) is 0.858. The number of aliphatic hydroxyl groups excluding tert-OH is 1. The molecule has 1 heterocycles. The Balaban J connectivity index is 0.000000354. The Bertz CT molecular complexity index is 183. The van der Waals surface area contributed by atoms with E-state index in [0.29, 0.717) is 11.8 Å². The summed E-state index contributed by atoms with van der Waals surface area (Å²) in [5.41, 5.74) is 10.4. The van der Waals surface area contributed by atoms with Gasteiger partial charge in [0.2, 0.25) is 11.8 Å². The van der Waals surface area contributed by atoms with Crippen LogP contribution in [-0.2, 0) is 13.1 Å². The van der Waals surface area contributed by atoms with E-state index in [9.17, 15) is 0 Å². The van der Waals surface area contributed by atoms with E-state index in [1.165, 1.54) is 0 Å². The first-order valence-corrected chi connectivity index (χ1v) is 3.60. The molecule has 1 aromatic rings. The van der Waals surface area contributed by atoms with E-state index in [2.05, 4.69) is 10.2 Å². The lowest BCUT2D eigenvalue weighted by Crippen LogP contribution is -1.96. The van der Waals surface area contributed by atoms with Gasteiger partial charge in [0.1, 0.15) is 0 Å². The van der Waals surface area contributed by atoms with Crippen LogP contribution in [0.25, 0.3) is 0 Å². The van der Waals surface area contributed by atoms with Crippen LogP contribution >= 0.6 is 0 Å². The highest BCUT2D eigenvalue weighted by molar-refractivity contribution is 4.78. The number of rotatable bonds is 2. The molecular formula is C6H14N4O2. The van der Waals surface area contributed by atoms with Crippen molar-refractivity contribution in [3.05, 3.63) is 11.8 Å². The molecule has 0 bridgehead atoms. The average molecular weight is 174 g/mol. The number of hydrogen-bond donors (Lipinski definition) is 3. The molecule has 0 fully saturated rings. The maximum atomic E-state index is 7.57. The second-order valence-corrected chi connectivity index (χ2v) is 1.81. The van der Waals surface area contributed by atoms with Gasteiger partial charge >= 0.3 is 0 Å². The lowest BCUT2D eigenvalue weighted by atomic mass is 10.7. The van der Waals surface area contributed by atoms with Gasteiger partial charge in [0, 0.05) is 6.61 Å². The lowest BCUT2D eigenvalue weighted by molar-refractivity contribution is 0.318. The van der Waals surface area contributed by atoms with E-state index in [4.69, 9.17) is 21.0 Å². The van der Waals surface area contributed by atoms with Crippen LogP contribution in [0.5, 0.6) is 0 Å². The van der Waals surface area contributed by atoms with E-state index in [-0.39, 0.29) is 19.7 Å². The zero-order valence-corrected chi connectivity index (χ0v) is 7.03. The fourth-order valence-corrected chi connectivity index (χ4v) is 0.453. The van der Waals surface area contributed by atoms with Crippen molar-refractivity contribution in [3.8, 4) is 0 Å². The van der Waals surface area contributed by atoms with Crippen molar-refractivity contribution < 1.29 is 9.52 Å². The summed E-state index contributed by atoms with van der Waals surface area (Å²) in [5, 5.41) is 14.7. The van der Waals surface area contributed by atoms with Crippen LogP contribution in [0.2, 0.25) is 0 Å². The second kappa shape index (κ2) is 6.71. The van der Waals surface area contributed by atoms with Crippen molar-refractivity contribution in [2.75, 3.05) is 6.61 Å². The molecule has 0 aromatic carbocycles. The Morgan fingerprint density at radius 3 is 1.75 bits per heavy atom. The Labute approximate surface area is 70.6 Å². The summed E-state index contributed by atoms with van der Waals surface area (Å²) in [5.74, 6) is 0.853. The van der Waals surface area contributed by atoms with Gasteiger partial charge in [-0.3, -0.25) is 0 Å². The molecule has 0 radical (unpaired) electrons. The first kappa shape index (κ1) is 11.0. The van der Waals surface area contributed by atoms with Crippen LogP contribution in [0.3, 0.4) is 0 Å². The predicted octanol–water partition coefficient (Wildman–Crippen LogP) is -1.01. The van der Waals surface area contributed by atoms with Crippen LogP contribution in [0.1, 0.15) is 18.7 Å². The zero-order valence-electron chi connectivity index (χ0n) is 7.03. The van der Waals surface area contributed by atoms with Gasteiger partial charge in [-0.05, 0) is 6.92 Å². The number of aliphatic hydroxyl groups is 1. The lowest BCUT2D eigenvalue weighted by Gasteiger charge is -1.81. The van der Waals surface area contributed by atoms with Crippen molar-refractivity contribution in [2.45, 2.75) is 20.0 Å². The standard InChI is InChI=1S/C4H8N4O.C2H6O/c5-1-3-7-8-4(2-6)9-3;1-2-3/h1-2,5-6H2;3H,2H2,1H3.